The summed E-state index contributed by atoms with van der Waals surface area (Å²) in [7, 11) is 0. The number of carbonyl (C=O) groups is 1. The molecule has 17 heavy (non-hydrogen) atoms. The first-order valence-corrected chi connectivity index (χ1v) is 5.49. The lowest BCUT2D eigenvalue weighted by atomic mass is 10.1. The molecule has 1 aliphatic heterocycles. The van der Waals surface area contributed by atoms with Gasteiger partial charge in [-0.25, -0.2) is 0 Å². The van der Waals surface area contributed by atoms with Crippen LogP contribution < -0.4 is 0 Å². The molecule has 0 spiro atoms. The van der Waals surface area contributed by atoms with Crippen molar-refractivity contribution in [3.63, 3.8) is 0 Å². The van der Waals surface area contributed by atoms with Crippen LogP contribution in [0.3, 0.4) is 0 Å². The van der Waals surface area contributed by atoms with Crippen molar-refractivity contribution in [3.8, 4) is 0 Å². The number of ether oxygens (including phenoxy) is 1. The standard InChI is InChI=1S/C10H16F3NO3/c11-10(12,13)7-14-4-1-8(2-5-14)17-6-3-9(15)16/h8H,1-7H2,(H,15,16). The molecule has 0 aliphatic carbocycles. The first-order chi connectivity index (χ1) is 7.87. The van der Waals surface area contributed by atoms with Crippen LogP contribution in [0.1, 0.15) is 19.3 Å². The molecule has 0 unspecified atom stereocenters. The highest BCUT2D eigenvalue weighted by atomic mass is 19.4. The second kappa shape index (κ2) is 6.20. The second-order valence-electron chi connectivity index (χ2n) is 4.11. The summed E-state index contributed by atoms with van der Waals surface area (Å²) in [6.45, 7) is -0.0669. The summed E-state index contributed by atoms with van der Waals surface area (Å²) in [5.74, 6) is -0.931. The Hall–Kier alpha value is -0.820. The molecular weight excluding hydrogens is 239 g/mol. The predicted octanol–water partition coefficient (Wildman–Crippen LogP) is 1.50. The molecule has 0 atom stereocenters. The van der Waals surface area contributed by atoms with Crippen molar-refractivity contribution in [2.24, 2.45) is 0 Å². The molecule has 0 amide bonds. The SMILES string of the molecule is O=C(O)CCOC1CCN(CC(F)(F)F)CC1. The molecule has 1 heterocycles. The summed E-state index contributed by atoms with van der Waals surface area (Å²) in [4.78, 5) is 11.6. The van der Waals surface area contributed by atoms with Gasteiger partial charge in [-0.3, -0.25) is 9.69 Å². The molecule has 100 valence electrons. The van der Waals surface area contributed by atoms with E-state index in [1.807, 2.05) is 0 Å². The number of rotatable bonds is 5. The van der Waals surface area contributed by atoms with Gasteiger partial charge in [-0.15, -0.1) is 0 Å². The van der Waals surface area contributed by atoms with Crippen molar-refractivity contribution in [1.29, 1.82) is 0 Å². The van der Waals surface area contributed by atoms with Gasteiger partial charge in [0.05, 0.1) is 25.7 Å². The first kappa shape index (κ1) is 14.2. The molecule has 0 saturated carbocycles. The maximum atomic E-state index is 12.1. The minimum absolute atomic E-state index is 0.0667. The third kappa shape index (κ3) is 6.48. The van der Waals surface area contributed by atoms with Crippen LogP contribution >= 0.6 is 0 Å². The fourth-order valence-electron chi connectivity index (χ4n) is 1.80. The highest BCUT2D eigenvalue weighted by Gasteiger charge is 2.32. The van der Waals surface area contributed by atoms with E-state index in [0.717, 1.165) is 0 Å². The Morgan fingerprint density at radius 2 is 1.94 bits per heavy atom. The number of hydrogen-bond acceptors (Lipinski definition) is 3. The molecule has 0 aromatic rings. The number of piperidine rings is 1. The molecule has 4 nitrogen and oxygen atoms in total. The van der Waals surface area contributed by atoms with Crippen LogP contribution in [0.2, 0.25) is 0 Å². The third-order valence-electron chi connectivity index (χ3n) is 2.61. The van der Waals surface area contributed by atoms with Gasteiger partial charge in [0.25, 0.3) is 0 Å². The van der Waals surface area contributed by atoms with Crippen LogP contribution in [-0.4, -0.2) is 54.5 Å². The molecule has 0 radical (unpaired) electrons. The quantitative estimate of drug-likeness (QED) is 0.809. The van der Waals surface area contributed by atoms with Gasteiger partial charge in [0.1, 0.15) is 0 Å². The average Bonchev–Trinajstić information content (AvgIpc) is 2.18. The molecule has 0 bridgehead atoms. The Balaban J connectivity index is 2.15. The predicted molar refractivity (Wildman–Crippen MR) is 53.7 cm³/mol. The van der Waals surface area contributed by atoms with Gasteiger partial charge in [0.2, 0.25) is 0 Å². The molecule has 1 aliphatic rings. The van der Waals surface area contributed by atoms with Crippen molar-refractivity contribution < 1.29 is 27.8 Å². The van der Waals surface area contributed by atoms with Crippen molar-refractivity contribution in [2.75, 3.05) is 26.2 Å². The highest BCUT2D eigenvalue weighted by molar-refractivity contribution is 5.66. The number of alkyl halides is 3. The lowest BCUT2D eigenvalue weighted by Gasteiger charge is -2.32. The van der Waals surface area contributed by atoms with Crippen LogP contribution in [-0.2, 0) is 9.53 Å². The molecular formula is C10H16F3NO3. The van der Waals surface area contributed by atoms with Crippen LogP contribution in [0.5, 0.6) is 0 Å². The topological polar surface area (TPSA) is 49.8 Å². The number of halogens is 3. The zero-order valence-corrected chi connectivity index (χ0v) is 9.37. The summed E-state index contributed by atoms with van der Waals surface area (Å²) < 4.78 is 41.6. The smallest absolute Gasteiger partial charge is 0.401 e. The Labute approximate surface area is 97.3 Å². The lowest BCUT2D eigenvalue weighted by Crippen LogP contribution is -2.42. The second-order valence-corrected chi connectivity index (χ2v) is 4.11. The maximum absolute atomic E-state index is 12.1. The van der Waals surface area contributed by atoms with Crippen LogP contribution in [0.4, 0.5) is 13.2 Å². The maximum Gasteiger partial charge on any atom is 0.401 e. The van der Waals surface area contributed by atoms with Gasteiger partial charge >= 0.3 is 12.1 Å². The van der Waals surface area contributed by atoms with Gasteiger partial charge in [-0.1, -0.05) is 0 Å². The molecule has 1 saturated heterocycles. The number of likely N-dealkylation sites (tertiary alicyclic amines) is 1. The zero-order chi connectivity index (χ0) is 12.9. The van der Waals surface area contributed by atoms with Gasteiger partial charge in [0.15, 0.2) is 0 Å². The van der Waals surface area contributed by atoms with Crippen molar-refractivity contribution in [1.82, 2.24) is 4.90 Å². The van der Waals surface area contributed by atoms with E-state index in [1.165, 1.54) is 4.90 Å². The first-order valence-electron chi connectivity index (χ1n) is 5.49. The minimum Gasteiger partial charge on any atom is -0.481 e. The van der Waals surface area contributed by atoms with E-state index < -0.39 is 18.7 Å². The fourth-order valence-corrected chi connectivity index (χ4v) is 1.80. The number of nitrogens with zero attached hydrogens (tertiary/aromatic N) is 1. The molecule has 7 heteroatoms. The van der Waals surface area contributed by atoms with Crippen LogP contribution in [0, 0.1) is 0 Å². The summed E-state index contributed by atoms with van der Waals surface area (Å²) in [5.41, 5.74) is 0. The van der Waals surface area contributed by atoms with Crippen molar-refractivity contribution >= 4 is 5.97 Å². The highest BCUT2D eigenvalue weighted by Crippen LogP contribution is 2.20. The number of carboxylic acids is 1. The Morgan fingerprint density at radius 3 is 2.41 bits per heavy atom. The summed E-state index contributed by atoms with van der Waals surface area (Å²) in [5, 5.41) is 8.40. The summed E-state index contributed by atoms with van der Waals surface area (Å²) in [6, 6.07) is 0. The van der Waals surface area contributed by atoms with E-state index in [4.69, 9.17) is 9.84 Å². The normalized spacial score (nSPS) is 19.5. The van der Waals surface area contributed by atoms with Crippen molar-refractivity contribution in [3.05, 3.63) is 0 Å². The number of aliphatic carboxylic acids is 1. The van der Waals surface area contributed by atoms with E-state index in [-0.39, 0.29) is 19.1 Å². The van der Waals surface area contributed by atoms with E-state index in [2.05, 4.69) is 0 Å². The summed E-state index contributed by atoms with van der Waals surface area (Å²) in [6.07, 6.45) is -3.29. The minimum atomic E-state index is -4.16. The van der Waals surface area contributed by atoms with Gasteiger partial charge in [-0.05, 0) is 12.8 Å². The Bertz CT molecular complexity index is 250. The Kier molecular flexibility index (Phi) is 5.20. The van der Waals surface area contributed by atoms with Gasteiger partial charge in [0, 0.05) is 13.1 Å². The number of hydrogen-bond donors (Lipinski definition) is 1. The molecule has 1 rings (SSSR count). The zero-order valence-electron chi connectivity index (χ0n) is 9.37. The van der Waals surface area contributed by atoms with E-state index in [1.54, 1.807) is 0 Å². The van der Waals surface area contributed by atoms with E-state index >= 15 is 0 Å². The molecule has 1 N–H and O–H groups in total. The fraction of sp³-hybridized carbons (Fsp3) is 0.900. The number of carboxylic acid groups (broad SMARTS) is 1. The van der Waals surface area contributed by atoms with E-state index in [9.17, 15) is 18.0 Å². The van der Waals surface area contributed by atoms with Crippen LogP contribution in [0.15, 0.2) is 0 Å². The largest absolute Gasteiger partial charge is 0.481 e. The summed E-state index contributed by atoms with van der Waals surface area (Å²) >= 11 is 0. The Morgan fingerprint density at radius 1 is 1.35 bits per heavy atom. The van der Waals surface area contributed by atoms with Crippen molar-refractivity contribution in [2.45, 2.75) is 31.5 Å². The molecule has 1 fully saturated rings. The van der Waals surface area contributed by atoms with Crippen LogP contribution in [0.25, 0.3) is 0 Å². The molecule has 0 aromatic carbocycles. The monoisotopic (exact) mass is 255 g/mol. The lowest BCUT2D eigenvalue weighted by molar-refractivity contribution is -0.152. The van der Waals surface area contributed by atoms with E-state index in [0.29, 0.717) is 25.9 Å². The average molecular weight is 255 g/mol. The molecule has 0 aromatic heterocycles. The van der Waals surface area contributed by atoms with Gasteiger partial charge < -0.3 is 9.84 Å². The third-order valence-corrected chi connectivity index (χ3v) is 2.61. The van der Waals surface area contributed by atoms with Gasteiger partial charge in [-0.2, -0.15) is 13.2 Å².